The molecule has 0 fully saturated rings. The van der Waals surface area contributed by atoms with E-state index in [0.29, 0.717) is 0 Å². The molecule has 7 heteroatoms. The minimum absolute atomic E-state index is 0.00426. The van der Waals surface area contributed by atoms with Crippen LogP contribution in [-0.2, 0) is 14.3 Å². The topological polar surface area (TPSA) is 95.9 Å². The molecule has 27 heavy (non-hydrogen) atoms. The standard InChI is InChI=1S/C20H36N2O5/c1-12(2)14(11-13(3)17(24)25)22(10)16(23)15(19(4,5)6)21-18(26)27-20(7,8)9/h11-12,14-15H,1-10H3,(H,21,26)(H,24,25)/b13-11+/t14-,15-/m1/s1. The fourth-order valence-electron chi connectivity index (χ4n) is 2.50. The summed E-state index contributed by atoms with van der Waals surface area (Å²) < 4.78 is 5.29. The van der Waals surface area contributed by atoms with Crippen LogP contribution in [0.15, 0.2) is 11.6 Å². The summed E-state index contributed by atoms with van der Waals surface area (Å²) in [6.07, 6.45) is 0.903. The van der Waals surface area contributed by atoms with E-state index in [9.17, 15) is 14.4 Å². The maximum atomic E-state index is 13.2. The van der Waals surface area contributed by atoms with Gasteiger partial charge in [0.15, 0.2) is 0 Å². The van der Waals surface area contributed by atoms with Crippen LogP contribution in [0.1, 0.15) is 62.3 Å². The van der Waals surface area contributed by atoms with Crippen LogP contribution in [0.5, 0.6) is 0 Å². The number of amides is 2. The van der Waals surface area contributed by atoms with Gasteiger partial charge < -0.3 is 20.1 Å². The smallest absolute Gasteiger partial charge is 0.408 e. The molecule has 2 amide bonds. The van der Waals surface area contributed by atoms with Gasteiger partial charge in [0.1, 0.15) is 11.6 Å². The van der Waals surface area contributed by atoms with Crippen molar-refractivity contribution in [3.05, 3.63) is 11.6 Å². The Kier molecular flexibility index (Phi) is 8.54. The van der Waals surface area contributed by atoms with E-state index in [2.05, 4.69) is 5.32 Å². The first-order chi connectivity index (χ1) is 12.0. The van der Waals surface area contributed by atoms with Crippen molar-refractivity contribution in [1.29, 1.82) is 0 Å². The quantitative estimate of drug-likeness (QED) is 0.684. The van der Waals surface area contributed by atoms with Crippen molar-refractivity contribution in [3.63, 3.8) is 0 Å². The zero-order valence-corrected chi connectivity index (χ0v) is 18.3. The summed E-state index contributed by atoms with van der Waals surface area (Å²) in [5.74, 6) is -1.34. The minimum Gasteiger partial charge on any atom is -0.478 e. The molecule has 0 heterocycles. The number of carboxylic acid groups (broad SMARTS) is 1. The number of carbonyl (C=O) groups excluding carboxylic acids is 2. The third-order valence-electron chi connectivity index (χ3n) is 4.01. The van der Waals surface area contributed by atoms with Crippen LogP contribution < -0.4 is 5.32 Å². The molecule has 0 aromatic heterocycles. The Bertz CT molecular complexity index is 582. The summed E-state index contributed by atoms with van der Waals surface area (Å²) >= 11 is 0. The Labute approximate surface area is 163 Å². The molecule has 0 unspecified atom stereocenters. The maximum Gasteiger partial charge on any atom is 0.408 e. The molecule has 2 N–H and O–H groups in total. The van der Waals surface area contributed by atoms with Gasteiger partial charge in [-0.15, -0.1) is 0 Å². The van der Waals surface area contributed by atoms with E-state index < -0.39 is 35.2 Å². The molecule has 0 spiro atoms. The van der Waals surface area contributed by atoms with Crippen molar-refractivity contribution in [2.75, 3.05) is 7.05 Å². The molecule has 156 valence electrons. The lowest BCUT2D eigenvalue weighted by molar-refractivity contribution is -0.137. The van der Waals surface area contributed by atoms with Crippen LogP contribution in [0.2, 0.25) is 0 Å². The van der Waals surface area contributed by atoms with E-state index in [1.54, 1.807) is 33.9 Å². The Hall–Kier alpha value is -2.05. The molecule has 0 rings (SSSR count). The molecule has 2 atom stereocenters. The first kappa shape index (κ1) is 24.9. The van der Waals surface area contributed by atoms with Crippen molar-refractivity contribution in [2.24, 2.45) is 11.3 Å². The first-order valence-electron chi connectivity index (χ1n) is 9.15. The third-order valence-corrected chi connectivity index (χ3v) is 4.01. The minimum atomic E-state index is -1.03. The van der Waals surface area contributed by atoms with Gasteiger partial charge in [0.05, 0.1) is 6.04 Å². The summed E-state index contributed by atoms with van der Waals surface area (Å²) in [5, 5.41) is 11.8. The van der Waals surface area contributed by atoms with Gasteiger partial charge in [-0.3, -0.25) is 4.79 Å². The molecule has 0 aliphatic rings. The van der Waals surface area contributed by atoms with Crippen LogP contribution in [0, 0.1) is 11.3 Å². The number of hydrogen-bond acceptors (Lipinski definition) is 4. The van der Waals surface area contributed by atoms with Crippen LogP contribution in [-0.4, -0.2) is 52.7 Å². The number of likely N-dealkylation sites (N-methyl/N-ethyl adjacent to an activating group) is 1. The molecular weight excluding hydrogens is 348 g/mol. The molecule has 0 saturated carbocycles. The van der Waals surface area contributed by atoms with E-state index in [0.717, 1.165) is 0 Å². The summed E-state index contributed by atoms with van der Waals surface area (Å²) in [7, 11) is 1.62. The lowest BCUT2D eigenvalue weighted by atomic mass is 9.85. The van der Waals surface area contributed by atoms with Gasteiger partial charge in [-0.25, -0.2) is 9.59 Å². The van der Waals surface area contributed by atoms with Crippen LogP contribution >= 0.6 is 0 Å². The molecule has 0 bridgehead atoms. The molecule has 0 aromatic carbocycles. The van der Waals surface area contributed by atoms with Gasteiger partial charge in [0.25, 0.3) is 0 Å². The summed E-state index contributed by atoms with van der Waals surface area (Å²) in [4.78, 5) is 38.1. The number of rotatable bonds is 6. The van der Waals surface area contributed by atoms with Gasteiger partial charge >= 0.3 is 12.1 Å². The Morgan fingerprint density at radius 3 is 1.89 bits per heavy atom. The largest absolute Gasteiger partial charge is 0.478 e. The average molecular weight is 385 g/mol. The molecule has 0 aliphatic heterocycles. The highest BCUT2D eigenvalue weighted by Crippen LogP contribution is 2.24. The number of carboxylic acids is 1. The predicted molar refractivity (Wildman–Crippen MR) is 105 cm³/mol. The molecule has 0 aliphatic carbocycles. The Morgan fingerprint density at radius 2 is 1.56 bits per heavy atom. The zero-order valence-electron chi connectivity index (χ0n) is 18.3. The molecule has 0 radical (unpaired) electrons. The number of aliphatic carboxylic acids is 1. The van der Waals surface area contributed by atoms with Gasteiger partial charge in [-0.2, -0.15) is 0 Å². The third kappa shape index (κ3) is 8.45. The number of carbonyl (C=O) groups is 3. The SMILES string of the molecule is C/C(=C\[C@H](C(C)C)N(C)C(=O)[C@@H](NC(=O)OC(C)(C)C)C(C)(C)C)C(=O)O. The predicted octanol–water partition coefficient (Wildman–Crippen LogP) is 3.44. The average Bonchev–Trinajstić information content (AvgIpc) is 2.45. The van der Waals surface area contributed by atoms with Crippen molar-refractivity contribution >= 4 is 18.0 Å². The summed E-state index contributed by atoms with van der Waals surface area (Å²) in [5.41, 5.74) is -1.07. The summed E-state index contributed by atoms with van der Waals surface area (Å²) in [6, 6.07) is -1.24. The van der Waals surface area contributed by atoms with Crippen molar-refractivity contribution in [1.82, 2.24) is 10.2 Å². The molecule has 0 aromatic rings. The second-order valence-corrected chi connectivity index (χ2v) is 9.28. The Morgan fingerprint density at radius 1 is 1.07 bits per heavy atom. The van der Waals surface area contributed by atoms with Gasteiger partial charge in [-0.1, -0.05) is 40.7 Å². The van der Waals surface area contributed by atoms with Crippen LogP contribution in [0.4, 0.5) is 4.79 Å². The molecular formula is C20H36N2O5. The highest BCUT2D eigenvalue weighted by molar-refractivity contribution is 5.88. The lowest BCUT2D eigenvalue weighted by Crippen LogP contribution is -2.56. The van der Waals surface area contributed by atoms with Gasteiger partial charge in [0, 0.05) is 12.6 Å². The van der Waals surface area contributed by atoms with Crippen molar-refractivity contribution in [3.8, 4) is 0 Å². The monoisotopic (exact) mass is 384 g/mol. The molecule has 0 saturated heterocycles. The van der Waals surface area contributed by atoms with E-state index in [1.807, 2.05) is 34.6 Å². The van der Waals surface area contributed by atoms with E-state index in [-0.39, 0.29) is 17.4 Å². The fraction of sp³-hybridized carbons (Fsp3) is 0.750. The number of nitrogens with zero attached hydrogens (tertiary/aromatic N) is 1. The Balaban J connectivity index is 5.67. The number of ether oxygens (including phenoxy) is 1. The lowest BCUT2D eigenvalue weighted by Gasteiger charge is -2.37. The highest BCUT2D eigenvalue weighted by atomic mass is 16.6. The maximum absolute atomic E-state index is 13.2. The zero-order chi connectivity index (χ0) is 21.7. The molecule has 7 nitrogen and oxygen atoms in total. The van der Waals surface area contributed by atoms with Crippen LogP contribution in [0.3, 0.4) is 0 Å². The van der Waals surface area contributed by atoms with Gasteiger partial charge in [0.2, 0.25) is 5.91 Å². The first-order valence-corrected chi connectivity index (χ1v) is 9.15. The van der Waals surface area contributed by atoms with Crippen molar-refractivity contribution in [2.45, 2.75) is 80.0 Å². The second kappa shape index (κ2) is 9.24. The number of hydrogen-bond donors (Lipinski definition) is 2. The number of nitrogens with one attached hydrogen (secondary N) is 1. The second-order valence-electron chi connectivity index (χ2n) is 9.28. The van der Waals surface area contributed by atoms with E-state index >= 15 is 0 Å². The fourth-order valence-corrected chi connectivity index (χ4v) is 2.50. The van der Waals surface area contributed by atoms with Gasteiger partial charge in [-0.05, 0) is 39.0 Å². The van der Waals surface area contributed by atoms with E-state index in [1.165, 1.54) is 11.8 Å². The number of alkyl carbamates (subject to hydrolysis) is 1. The normalized spacial score (nSPS) is 15.1. The van der Waals surface area contributed by atoms with E-state index in [4.69, 9.17) is 9.84 Å². The highest BCUT2D eigenvalue weighted by Gasteiger charge is 2.37. The van der Waals surface area contributed by atoms with Crippen LogP contribution in [0.25, 0.3) is 0 Å². The summed E-state index contributed by atoms with van der Waals surface area (Å²) in [6.45, 7) is 16.1. The van der Waals surface area contributed by atoms with Crippen molar-refractivity contribution < 1.29 is 24.2 Å².